The minimum atomic E-state index is -4.07. The Hall–Kier alpha value is -3.50. The molecule has 1 heterocycles. The number of carbonyl (C=O) groups is 2. The number of anilines is 1. The molecule has 180 valence electrons. The van der Waals surface area contributed by atoms with E-state index in [9.17, 15) is 22.4 Å². The van der Waals surface area contributed by atoms with E-state index < -0.39 is 40.2 Å². The van der Waals surface area contributed by atoms with E-state index in [0.717, 1.165) is 29.8 Å². The number of nitrogens with one attached hydrogen (secondary N) is 2. The normalized spacial score (nSPS) is 12.2. The van der Waals surface area contributed by atoms with Crippen molar-refractivity contribution in [1.82, 2.24) is 10.0 Å². The van der Waals surface area contributed by atoms with Crippen LogP contribution in [0.2, 0.25) is 0 Å². The van der Waals surface area contributed by atoms with Crippen LogP contribution in [0.1, 0.15) is 24.7 Å². The van der Waals surface area contributed by atoms with Crippen LogP contribution in [0.5, 0.6) is 0 Å². The van der Waals surface area contributed by atoms with E-state index in [1.54, 1.807) is 50.2 Å². The molecule has 0 unspecified atom stereocenters. The molecule has 0 aliphatic heterocycles. The molecule has 0 bridgehead atoms. The van der Waals surface area contributed by atoms with Crippen molar-refractivity contribution in [1.29, 1.82) is 0 Å². The van der Waals surface area contributed by atoms with Gasteiger partial charge in [0.15, 0.2) is 0 Å². The summed E-state index contributed by atoms with van der Waals surface area (Å²) in [5, 5.41) is 2.76. The van der Waals surface area contributed by atoms with Crippen molar-refractivity contribution in [2.24, 2.45) is 0 Å². The van der Waals surface area contributed by atoms with E-state index in [2.05, 4.69) is 10.0 Å². The van der Waals surface area contributed by atoms with Gasteiger partial charge in [0, 0.05) is 5.69 Å². The summed E-state index contributed by atoms with van der Waals surface area (Å²) in [7, 11) is -4.07. The maximum absolute atomic E-state index is 13.3. The first-order valence-corrected chi connectivity index (χ1v) is 12.1. The predicted octanol–water partition coefficient (Wildman–Crippen LogP) is 3.13. The van der Waals surface area contributed by atoms with Crippen molar-refractivity contribution in [2.45, 2.75) is 37.8 Å². The van der Waals surface area contributed by atoms with Gasteiger partial charge in [0.05, 0.1) is 24.2 Å². The summed E-state index contributed by atoms with van der Waals surface area (Å²) in [5.41, 5.74) is 1.24. The van der Waals surface area contributed by atoms with Gasteiger partial charge in [0.2, 0.25) is 21.8 Å². The first kappa shape index (κ1) is 25.1. The molecule has 0 radical (unpaired) electrons. The lowest BCUT2D eigenvalue weighted by molar-refractivity contribution is -0.126. The molecule has 0 saturated heterocycles. The second kappa shape index (κ2) is 11.1. The number of benzene rings is 2. The Morgan fingerprint density at radius 3 is 2.38 bits per heavy atom. The molecule has 10 heteroatoms. The van der Waals surface area contributed by atoms with E-state index in [0.29, 0.717) is 11.4 Å². The van der Waals surface area contributed by atoms with Crippen molar-refractivity contribution in [3.8, 4) is 0 Å². The van der Waals surface area contributed by atoms with Gasteiger partial charge in [0.1, 0.15) is 17.6 Å². The summed E-state index contributed by atoms with van der Waals surface area (Å²) >= 11 is 0. The lowest BCUT2D eigenvalue weighted by Crippen LogP contribution is -2.52. The van der Waals surface area contributed by atoms with Crippen molar-refractivity contribution < 1.29 is 26.8 Å². The number of hydrogen-bond donors (Lipinski definition) is 2. The summed E-state index contributed by atoms with van der Waals surface area (Å²) in [6.07, 6.45) is 1.78. The Bertz CT molecular complexity index is 1230. The summed E-state index contributed by atoms with van der Waals surface area (Å²) in [6.45, 7) is 3.12. The molecule has 34 heavy (non-hydrogen) atoms. The fourth-order valence-corrected chi connectivity index (χ4v) is 4.41. The number of aryl methyl sites for hydroxylation is 1. The van der Waals surface area contributed by atoms with Crippen molar-refractivity contribution >= 4 is 27.5 Å². The number of hydrogen-bond acceptors (Lipinski definition) is 5. The number of nitrogens with zero attached hydrogens (tertiary/aromatic N) is 1. The van der Waals surface area contributed by atoms with Crippen molar-refractivity contribution in [3.05, 3.63) is 84.1 Å². The fraction of sp³-hybridized carbons (Fsp3) is 0.250. The molecular formula is C24H26FN3O5S. The average Bonchev–Trinajstić information content (AvgIpc) is 3.34. The van der Waals surface area contributed by atoms with Gasteiger partial charge in [-0.25, -0.2) is 17.5 Å². The standard InChI is InChI=1S/C24H26FN3O5S/c1-3-21(24(30)26-15-19-8-6-14-33-19)28(22-9-5-4-7-17(22)2)23(29)16-27-34(31,32)20-12-10-18(25)11-13-20/h4-14,21,27H,3,15-16H2,1-2H3,(H,26,30)/t21-/m0/s1. The van der Waals surface area contributed by atoms with Crippen LogP contribution in [0.25, 0.3) is 0 Å². The molecule has 0 aliphatic carbocycles. The van der Waals surface area contributed by atoms with Crippen LogP contribution in [0.4, 0.5) is 10.1 Å². The van der Waals surface area contributed by atoms with Crippen LogP contribution in [-0.4, -0.2) is 32.8 Å². The Morgan fingerprint density at radius 1 is 1.06 bits per heavy atom. The fourth-order valence-electron chi connectivity index (χ4n) is 3.44. The highest BCUT2D eigenvalue weighted by atomic mass is 32.2. The number of carbonyl (C=O) groups excluding carboxylic acids is 2. The number of halogens is 1. The van der Waals surface area contributed by atoms with E-state index >= 15 is 0 Å². The van der Waals surface area contributed by atoms with E-state index in [1.807, 2.05) is 0 Å². The third-order valence-corrected chi connectivity index (χ3v) is 6.62. The molecule has 0 aliphatic rings. The smallest absolute Gasteiger partial charge is 0.243 e. The first-order valence-electron chi connectivity index (χ1n) is 10.7. The molecule has 8 nitrogen and oxygen atoms in total. The van der Waals surface area contributed by atoms with Crippen LogP contribution in [0.15, 0.2) is 76.2 Å². The van der Waals surface area contributed by atoms with Gasteiger partial charge in [-0.15, -0.1) is 0 Å². The van der Waals surface area contributed by atoms with Crippen LogP contribution < -0.4 is 14.9 Å². The van der Waals surface area contributed by atoms with Gasteiger partial charge in [-0.3, -0.25) is 14.5 Å². The highest BCUT2D eigenvalue weighted by Crippen LogP contribution is 2.24. The number of rotatable bonds is 10. The topological polar surface area (TPSA) is 109 Å². The Kier molecular flexibility index (Phi) is 8.19. The zero-order valence-corrected chi connectivity index (χ0v) is 19.6. The van der Waals surface area contributed by atoms with Gasteiger partial charge in [-0.2, -0.15) is 0 Å². The second-order valence-corrected chi connectivity index (χ2v) is 9.32. The quantitative estimate of drug-likeness (QED) is 0.457. The molecular weight excluding hydrogens is 461 g/mol. The highest BCUT2D eigenvalue weighted by Gasteiger charge is 2.31. The van der Waals surface area contributed by atoms with Crippen LogP contribution in [0.3, 0.4) is 0 Å². The van der Waals surface area contributed by atoms with Gasteiger partial charge in [-0.05, 0) is 61.4 Å². The molecule has 3 aromatic rings. The summed E-state index contributed by atoms with van der Waals surface area (Å²) < 4.78 is 45.8. The molecule has 2 aromatic carbocycles. The molecule has 2 amide bonds. The third kappa shape index (κ3) is 6.09. The SMILES string of the molecule is CC[C@@H](C(=O)NCc1ccco1)N(C(=O)CNS(=O)(=O)c1ccc(F)cc1)c1ccccc1C. The average molecular weight is 488 g/mol. The maximum Gasteiger partial charge on any atom is 0.243 e. The molecule has 1 aromatic heterocycles. The van der Waals surface area contributed by atoms with E-state index in [-0.39, 0.29) is 17.9 Å². The first-order chi connectivity index (χ1) is 16.2. The minimum Gasteiger partial charge on any atom is -0.467 e. The largest absolute Gasteiger partial charge is 0.467 e. The van der Waals surface area contributed by atoms with E-state index in [4.69, 9.17) is 4.42 Å². The Balaban J connectivity index is 1.83. The molecule has 1 atom stereocenters. The van der Waals surface area contributed by atoms with Crippen LogP contribution in [0, 0.1) is 12.7 Å². The molecule has 0 saturated carbocycles. The Labute approximate surface area is 197 Å². The molecule has 2 N–H and O–H groups in total. The lowest BCUT2D eigenvalue weighted by atomic mass is 10.1. The van der Waals surface area contributed by atoms with Gasteiger partial charge in [0.25, 0.3) is 0 Å². The zero-order chi connectivity index (χ0) is 24.7. The Morgan fingerprint density at radius 2 is 1.76 bits per heavy atom. The van der Waals surface area contributed by atoms with Crippen LogP contribution in [-0.2, 0) is 26.2 Å². The number of para-hydroxylation sites is 1. The van der Waals surface area contributed by atoms with Crippen molar-refractivity contribution in [3.63, 3.8) is 0 Å². The monoisotopic (exact) mass is 487 g/mol. The number of sulfonamides is 1. The van der Waals surface area contributed by atoms with Gasteiger partial charge in [-0.1, -0.05) is 25.1 Å². The van der Waals surface area contributed by atoms with Crippen molar-refractivity contribution in [2.75, 3.05) is 11.4 Å². The summed E-state index contributed by atoms with van der Waals surface area (Å²) in [6, 6.07) is 13.8. The van der Waals surface area contributed by atoms with Gasteiger partial charge < -0.3 is 9.73 Å². The zero-order valence-electron chi connectivity index (χ0n) is 18.8. The minimum absolute atomic E-state index is 0.148. The second-order valence-electron chi connectivity index (χ2n) is 7.55. The number of amides is 2. The van der Waals surface area contributed by atoms with Crippen LogP contribution >= 0.6 is 0 Å². The third-order valence-electron chi connectivity index (χ3n) is 5.20. The molecule has 3 rings (SSSR count). The van der Waals surface area contributed by atoms with E-state index in [1.165, 1.54) is 11.2 Å². The highest BCUT2D eigenvalue weighted by molar-refractivity contribution is 7.89. The molecule has 0 spiro atoms. The molecule has 0 fully saturated rings. The summed E-state index contributed by atoms with van der Waals surface area (Å²) in [5.74, 6) is -1.03. The summed E-state index contributed by atoms with van der Waals surface area (Å²) in [4.78, 5) is 27.5. The lowest BCUT2D eigenvalue weighted by Gasteiger charge is -2.31. The predicted molar refractivity (Wildman–Crippen MR) is 125 cm³/mol. The number of furan rings is 1. The maximum atomic E-state index is 13.3. The van der Waals surface area contributed by atoms with Gasteiger partial charge >= 0.3 is 0 Å².